The molecule has 0 aliphatic heterocycles. The molecule has 2 aromatic rings. The third-order valence-electron chi connectivity index (χ3n) is 14.9. The molecule has 4 saturated carbocycles. The maximum absolute atomic E-state index is 12.9. The van der Waals surface area contributed by atoms with Crippen molar-refractivity contribution in [2.45, 2.75) is 143 Å². The molecule has 2 unspecified atom stereocenters. The van der Waals surface area contributed by atoms with Crippen molar-refractivity contribution in [1.82, 2.24) is 0 Å². The van der Waals surface area contributed by atoms with Gasteiger partial charge >= 0.3 is 0 Å². The second kappa shape index (κ2) is 18.0. The van der Waals surface area contributed by atoms with Crippen LogP contribution in [-0.4, -0.2) is 23.8 Å². The summed E-state index contributed by atoms with van der Waals surface area (Å²) >= 11 is 3.48. The zero-order valence-corrected chi connectivity index (χ0v) is 34.8. The number of allylic oxidation sites excluding steroid dienone is 1. The Balaban J connectivity index is 0.967. The second-order valence-electron chi connectivity index (χ2n) is 18.4. The van der Waals surface area contributed by atoms with Crippen LogP contribution in [0.3, 0.4) is 0 Å². The standard InChI is InChI=1S/C48H69BrO3/c1-34(2)11-10-12-35(3)43-24-25-44-42-23-18-38-33-41(27-29-47(38,4)45(42)28-30-48(43,44)5)52-40-19-13-36(14-20-40)15-26-46(50)37-16-21-39(22-17-37)51-32-9-7-6-8-31-49/h13-17,19-22,26,34-35,38,41-45H,6-12,18,23-25,27-33H2,1-5H3/t35-,38?,41?,42+,43-,44+,45+,47+,48-/m1/s1. The highest BCUT2D eigenvalue weighted by Crippen LogP contribution is 2.68. The van der Waals surface area contributed by atoms with E-state index >= 15 is 0 Å². The molecule has 0 N–H and O–H groups in total. The summed E-state index contributed by atoms with van der Waals surface area (Å²) in [7, 11) is 0. The van der Waals surface area contributed by atoms with Crippen LogP contribution in [0.1, 0.15) is 153 Å². The SMILES string of the molecule is CC(C)CCC[C@@H](C)[C@H]1CC[C@H]2[C@@H]3CCC4CC(Oc5ccc(C=CC(=O)c6ccc(OCCCCCCBr)cc6)cc5)CC[C@]4(C)[C@H]3CC[C@]12C. The van der Waals surface area contributed by atoms with Gasteiger partial charge in [-0.2, -0.15) is 0 Å². The van der Waals surface area contributed by atoms with Crippen LogP contribution >= 0.6 is 15.9 Å². The number of unbranched alkanes of at least 4 members (excludes halogenated alkanes) is 3. The Bertz CT molecular complexity index is 1450. The molecule has 0 heterocycles. The smallest absolute Gasteiger partial charge is 0.185 e. The van der Waals surface area contributed by atoms with Crippen LogP contribution in [0.25, 0.3) is 6.08 Å². The van der Waals surface area contributed by atoms with Crippen LogP contribution in [0.15, 0.2) is 54.6 Å². The van der Waals surface area contributed by atoms with E-state index in [1.807, 2.05) is 30.3 Å². The Labute approximate surface area is 325 Å². The first kappa shape index (κ1) is 39.6. The van der Waals surface area contributed by atoms with Gasteiger partial charge in [-0.15, -0.1) is 0 Å². The highest BCUT2D eigenvalue weighted by atomic mass is 79.9. The molecule has 0 saturated heterocycles. The number of fused-ring (bicyclic) bond motifs is 5. The van der Waals surface area contributed by atoms with Crippen LogP contribution in [0.5, 0.6) is 11.5 Å². The Morgan fingerprint density at radius 2 is 1.50 bits per heavy atom. The Hall–Kier alpha value is -2.07. The zero-order valence-electron chi connectivity index (χ0n) is 33.2. The number of carbonyl (C=O) groups is 1. The third-order valence-corrected chi connectivity index (χ3v) is 15.4. The first-order valence-corrected chi connectivity index (χ1v) is 22.5. The molecule has 4 aliphatic rings. The van der Waals surface area contributed by atoms with Crippen molar-refractivity contribution in [1.29, 1.82) is 0 Å². The van der Waals surface area contributed by atoms with Crippen molar-refractivity contribution >= 4 is 27.8 Å². The van der Waals surface area contributed by atoms with Gasteiger partial charge in [-0.3, -0.25) is 4.79 Å². The fraction of sp³-hybridized carbons (Fsp3) is 0.688. The molecule has 0 radical (unpaired) electrons. The largest absolute Gasteiger partial charge is 0.494 e. The van der Waals surface area contributed by atoms with Gasteiger partial charge in [-0.25, -0.2) is 0 Å². The lowest BCUT2D eigenvalue weighted by atomic mass is 9.44. The molecule has 6 rings (SSSR count). The number of alkyl halides is 1. The summed E-state index contributed by atoms with van der Waals surface area (Å²) in [6, 6.07) is 15.8. The van der Waals surface area contributed by atoms with Gasteiger partial charge in [0, 0.05) is 10.9 Å². The summed E-state index contributed by atoms with van der Waals surface area (Å²) in [5, 5.41) is 1.07. The van der Waals surface area contributed by atoms with Gasteiger partial charge in [0.15, 0.2) is 5.78 Å². The molecule has 9 atom stereocenters. The number of hydrogen-bond donors (Lipinski definition) is 0. The lowest BCUT2D eigenvalue weighted by Crippen LogP contribution is -2.54. The average Bonchev–Trinajstić information content (AvgIpc) is 3.50. The van der Waals surface area contributed by atoms with Crippen molar-refractivity contribution in [3.63, 3.8) is 0 Å². The molecular formula is C48H69BrO3. The van der Waals surface area contributed by atoms with E-state index in [9.17, 15) is 4.79 Å². The van der Waals surface area contributed by atoms with Crippen LogP contribution in [0, 0.1) is 52.3 Å². The van der Waals surface area contributed by atoms with Gasteiger partial charge in [-0.1, -0.05) is 101 Å². The Morgan fingerprint density at radius 1 is 0.788 bits per heavy atom. The van der Waals surface area contributed by atoms with Gasteiger partial charge in [0.1, 0.15) is 11.5 Å². The topological polar surface area (TPSA) is 35.5 Å². The molecule has 2 aromatic carbocycles. The van der Waals surface area contributed by atoms with E-state index in [-0.39, 0.29) is 5.78 Å². The minimum Gasteiger partial charge on any atom is -0.494 e. The summed E-state index contributed by atoms with van der Waals surface area (Å²) in [4.78, 5) is 12.9. The highest BCUT2D eigenvalue weighted by molar-refractivity contribution is 9.09. The van der Waals surface area contributed by atoms with Gasteiger partial charge in [-0.05, 0) is 171 Å². The summed E-state index contributed by atoms with van der Waals surface area (Å²) in [6.07, 6.45) is 25.2. The van der Waals surface area contributed by atoms with E-state index in [1.54, 1.807) is 6.08 Å². The molecule has 286 valence electrons. The number of rotatable bonds is 17. The van der Waals surface area contributed by atoms with E-state index in [1.165, 1.54) is 96.3 Å². The predicted molar refractivity (Wildman–Crippen MR) is 221 cm³/mol. The molecule has 3 nitrogen and oxygen atoms in total. The third kappa shape index (κ3) is 9.23. The quantitative estimate of drug-likeness (QED) is 0.0695. The Morgan fingerprint density at radius 3 is 2.25 bits per heavy atom. The molecule has 0 spiro atoms. The van der Waals surface area contributed by atoms with Crippen molar-refractivity contribution in [2.24, 2.45) is 52.3 Å². The summed E-state index contributed by atoms with van der Waals surface area (Å²) in [5.74, 6) is 8.03. The second-order valence-corrected chi connectivity index (χ2v) is 19.2. The summed E-state index contributed by atoms with van der Waals surface area (Å²) in [6.45, 7) is 13.5. The highest BCUT2D eigenvalue weighted by Gasteiger charge is 2.60. The fourth-order valence-electron chi connectivity index (χ4n) is 11.9. The van der Waals surface area contributed by atoms with Gasteiger partial charge < -0.3 is 9.47 Å². The summed E-state index contributed by atoms with van der Waals surface area (Å²) in [5.41, 5.74) is 2.74. The van der Waals surface area contributed by atoms with E-state index in [2.05, 4.69) is 74.8 Å². The maximum Gasteiger partial charge on any atom is 0.185 e. The molecule has 4 aliphatic carbocycles. The average molecular weight is 774 g/mol. The van der Waals surface area contributed by atoms with E-state index in [4.69, 9.17) is 9.47 Å². The molecule has 4 fully saturated rings. The minimum atomic E-state index is 0.00336. The normalized spacial score (nSPS) is 31.9. The van der Waals surface area contributed by atoms with Gasteiger partial charge in [0.25, 0.3) is 0 Å². The monoisotopic (exact) mass is 772 g/mol. The lowest BCUT2D eigenvalue weighted by Gasteiger charge is -2.61. The number of halogens is 1. The van der Waals surface area contributed by atoms with Crippen LogP contribution < -0.4 is 9.47 Å². The van der Waals surface area contributed by atoms with Crippen LogP contribution in [0.4, 0.5) is 0 Å². The molecule has 0 bridgehead atoms. The van der Waals surface area contributed by atoms with E-state index < -0.39 is 0 Å². The van der Waals surface area contributed by atoms with Gasteiger partial charge in [0.05, 0.1) is 12.7 Å². The Kier molecular flexibility index (Phi) is 13.7. The van der Waals surface area contributed by atoms with Crippen molar-refractivity contribution in [3.8, 4) is 11.5 Å². The van der Waals surface area contributed by atoms with Crippen molar-refractivity contribution in [2.75, 3.05) is 11.9 Å². The first-order valence-electron chi connectivity index (χ1n) is 21.4. The molecular weight excluding hydrogens is 704 g/mol. The number of benzene rings is 2. The van der Waals surface area contributed by atoms with Crippen molar-refractivity contribution < 1.29 is 14.3 Å². The van der Waals surface area contributed by atoms with Crippen LogP contribution in [-0.2, 0) is 0 Å². The fourth-order valence-corrected chi connectivity index (χ4v) is 12.3. The number of ketones is 1. The van der Waals surface area contributed by atoms with E-state index in [0.29, 0.717) is 22.5 Å². The first-order chi connectivity index (χ1) is 25.1. The number of carbonyl (C=O) groups excluding carboxylic acids is 1. The number of hydrogen-bond acceptors (Lipinski definition) is 3. The molecule has 4 heteroatoms. The summed E-state index contributed by atoms with van der Waals surface area (Å²) < 4.78 is 12.5. The van der Waals surface area contributed by atoms with Crippen LogP contribution in [0.2, 0.25) is 0 Å². The zero-order chi connectivity index (χ0) is 36.7. The minimum absolute atomic E-state index is 0.00336. The number of ether oxygens (including phenoxy) is 2. The molecule has 52 heavy (non-hydrogen) atoms. The van der Waals surface area contributed by atoms with Crippen molar-refractivity contribution in [3.05, 3.63) is 65.7 Å². The predicted octanol–water partition coefficient (Wildman–Crippen LogP) is 13.8. The van der Waals surface area contributed by atoms with E-state index in [0.717, 1.165) is 76.8 Å². The van der Waals surface area contributed by atoms with Gasteiger partial charge in [0.2, 0.25) is 0 Å². The molecule has 0 aromatic heterocycles. The molecule has 0 amide bonds. The maximum atomic E-state index is 12.9. The lowest BCUT2D eigenvalue weighted by molar-refractivity contribution is -0.126.